The van der Waals surface area contributed by atoms with Gasteiger partial charge in [-0.25, -0.2) is 0 Å². The van der Waals surface area contributed by atoms with Crippen molar-refractivity contribution in [2.75, 3.05) is 26.2 Å². The Labute approximate surface area is 207 Å². The first-order chi connectivity index (χ1) is 16.9. The molecule has 2 aromatic rings. The summed E-state index contributed by atoms with van der Waals surface area (Å²) in [7, 11) is 0. The van der Waals surface area contributed by atoms with Crippen LogP contribution in [-0.2, 0) is 27.4 Å². The first-order valence-electron chi connectivity index (χ1n) is 12.3. The van der Waals surface area contributed by atoms with E-state index in [-0.39, 0.29) is 30.4 Å². The van der Waals surface area contributed by atoms with Gasteiger partial charge in [0, 0.05) is 39.0 Å². The molecule has 3 aliphatic heterocycles. The number of likely N-dealkylation sites (tertiary alicyclic amines) is 1. The van der Waals surface area contributed by atoms with Gasteiger partial charge in [-0.05, 0) is 55.7 Å². The van der Waals surface area contributed by atoms with Crippen LogP contribution >= 0.6 is 0 Å². The Morgan fingerprint density at radius 2 is 1.80 bits per heavy atom. The van der Waals surface area contributed by atoms with Crippen LogP contribution in [-0.4, -0.2) is 55.0 Å². The van der Waals surface area contributed by atoms with Crippen molar-refractivity contribution in [1.29, 1.82) is 0 Å². The fourth-order valence-corrected chi connectivity index (χ4v) is 4.32. The highest BCUT2D eigenvalue weighted by Crippen LogP contribution is 2.24. The molecule has 3 heterocycles. The van der Waals surface area contributed by atoms with E-state index in [2.05, 4.69) is 35.5 Å². The number of amides is 2. The van der Waals surface area contributed by atoms with Gasteiger partial charge in [0.15, 0.2) is 0 Å². The lowest BCUT2D eigenvalue weighted by atomic mass is 10.1. The third-order valence-electron chi connectivity index (χ3n) is 6.28. The number of nitrogens with zero attached hydrogens (tertiary/aromatic N) is 1. The summed E-state index contributed by atoms with van der Waals surface area (Å²) in [5.74, 6) is 1.36. The number of rotatable bonds is 2. The quantitative estimate of drug-likeness (QED) is 0.647. The van der Waals surface area contributed by atoms with Gasteiger partial charge in [-0.15, -0.1) is 0 Å². The molecule has 1 saturated heterocycles. The molecule has 7 nitrogen and oxygen atoms in total. The van der Waals surface area contributed by atoms with E-state index in [4.69, 9.17) is 9.47 Å². The number of ether oxygens (including phenoxy) is 2. The molecule has 2 atom stereocenters. The van der Waals surface area contributed by atoms with Crippen molar-refractivity contribution >= 4 is 11.8 Å². The normalized spacial score (nSPS) is 21.9. The zero-order valence-electron chi connectivity index (χ0n) is 20.6. The Bertz CT molecular complexity index is 1050. The molecule has 0 unspecified atom stereocenters. The first-order valence-corrected chi connectivity index (χ1v) is 12.3. The minimum absolute atomic E-state index is 0.0562. The maximum Gasteiger partial charge on any atom is 0.222 e. The Kier molecular flexibility index (Phi) is 8.55. The molecule has 2 N–H and O–H groups in total. The van der Waals surface area contributed by atoms with Crippen molar-refractivity contribution in [2.24, 2.45) is 0 Å². The minimum Gasteiger partial charge on any atom is -0.457 e. The molecule has 5 rings (SSSR count). The van der Waals surface area contributed by atoms with Gasteiger partial charge >= 0.3 is 0 Å². The lowest BCUT2D eigenvalue weighted by Crippen LogP contribution is -2.44. The van der Waals surface area contributed by atoms with Crippen molar-refractivity contribution in [3.63, 3.8) is 0 Å². The molecule has 0 saturated carbocycles. The van der Waals surface area contributed by atoms with Crippen LogP contribution in [0.1, 0.15) is 37.8 Å². The van der Waals surface area contributed by atoms with E-state index in [9.17, 15) is 9.59 Å². The number of hydrogen-bond acceptors (Lipinski definition) is 5. The van der Waals surface area contributed by atoms with Crippen molar-refractivity contribution in [2.45, 2.75) is 51.9 Å². The minimum atomic E-state index is -0.123. The fraction of sp³-hybridized carbons (Fsp3) is 0.429. The lowest BCUT2D eigenvalue weighted by molar-refractivity contribution is -0.123. The molecule has 3 aliphatic rings. The predicted molar refractivity (Wildman–Crippen MR) is 135 cm³/mol. The van der Waals surface area contributed by atoms with Gasteiger partial charge in [0.05, 0.1) is 18.8 Å². The smallest absolute Gasteiger partial charge is 0.222 e. The molecule has 0 aromatic heterocycles. The summed E-state index contributed by atoms with van der Waals surface area (Å²) < 4.78 is 12.4. The van der Waals surface area contributed by atoms with Crippen LogP contribution in [0.5, 0.6) is 11.5 Å². The Morgan fingerprint density at radius 3 is 2.60 bits per heavy atom. The van der Waals surface area contributed by atoms with Crippen molar-refractivity contribution in [1.82, 2.24) is 15.5 Å². The van der Waals surface area contributed by atoms with Crippen molar-refractivity contribution in [3.8, 4) is 11.5 Å². The van der Waals surface area contributed by atoms with Gasteiger partial charge in [0.2, 0.25) is 11.8 Å². The number of allylic oxidation sites excluding steroid dienone is 1. The van der Waals surface area contributed by atoms with Crippen LogP contribution in [0, 0.1) is 0 Å². The Morgan fingerprint density at radius 1 is 0.971 bits per heavy atom. The molecule has 186 valence electrons. The maximum atomic E-state index is 12.6. The zero-order valence-corrected chi connectivity index (χ0v) is 20.6. The molecule has 1 fully saturated rings. The molecule has 0 aliphatic carbocycles. The molecule has 2 aromatic carbocycles. The predicted octanol–water partition coefficient (Wildman–Crippen LogP) is 3.58. The fourth-order valence-electron chi connectivity index (χ4n) is 4.32. The number of hydrogen-bond donors (Lipinski definition) is 2. The first kappa shape index (κ1) is 24.9. The third kappa shape index (κ3) is 7.67. The number of carbonyl (C=O) groups excluding carboxylic acids is 2. The molecule has 35 heavy (non-hydrogen) atoms. The largest absolute Gasteiger partial charge is 0.457 e. The molecule has 0 spiro atoms. The van der Waals surface area contributed by atoms with Gasteiger partial charge in [0.25, 0.3) is 0 Å². The zero-order chi connectivity index (χ0) is 24.6. The summed E-state index contributed by atoms with van der Waals surface area (Å²) in [6.07, 6.45) is 3.33. The number of aryl methyl sites for hydroxylation is 1. The Balaban J connectivity index is 1.50. The molecule has 4 bridgehead atoms. The Hall–Kier alpha value is -3.16. The van der Waals surface area contributed by atoms with E-state index in [1.165, 1.54) is 5.57 Å². The summed E-state index contributed by atoms with van der Waals surface area (Å²) in [6, 6.07) is 15.6. The van der Waals surface area contributed by atoms with Crippen molar-refractivity contribution in [3.05, 3.63) is 71.3 Å². The van der Waals surface area contributed by atoms with E-state index in [0.717, 1.165) is 42.3 Å². The molecule has 0 radical (unpaired) electrons. The highest BCUT2D eigenvalue weighted by molar-refractivity contribution is 5.79. The second kappa shape index (κ2) is 12.0. The second-order valence-corrected chi connectivity index (χ2v) is 9.52. The van der Waals surface area contributed by atoms with Gasteiger partial charge in [-0.1, -0.05) is 35.9 Å². The van der Waals surface area contributed by atoms with Crippen LogP contribution < -0.4 is 15.4 Å². The van der Waals surface area contributed by atoms with Gasteiger partial charge in [0.1, 0.15) is 11.5 Å². The second-order valence-electron chi connectivity index (χ2n) is 9.52. The van der Waals surface area contributed by atoms with E-state index in [1.807, 2.05) is 48.5 Å². The summed E-state index contributed by atoms with van der Waals surface area (Å²) >= 11 is 0. The van der Waals surface area contributed by atoms with Crippen LogP contribution in [0.4, 0.5) is 0 Å². The van der Waals surface area contributed by atoms with Crippen LogP contribution in [0.15, 0.2) is 60.2 Å². The average Bonchev–Trinajstić information content (AvgIpc) is 3.22. The SMILES string of the molecule is CC(C)=CCN1C[C@@H]2NC(=O)CCNC(=O)CCc3ccc(cc3)Oc3cccc(c3)CO[C@H]2C1. The molecular weight excluding hydrogens is 442 g/mol. The summed E-state index contributed by atoms with van der Waals surface area (Å²) in [6.45, 7) is 7.22. The maximum absolute atomic E-state index is 12.6. The summed E-state index contributed by atoms with van der Waals surface area (Å²) in [5, 5.41) is 5.99. The van der Waals surface area contributed by atoms with E-state index in [0.29, 0.717) is 26.0 Å². The van der Waals surface area contributed by atoms with E-state index < -0.39 is 0 Å². The highest BCUT2D eigenvalue weighted by Gasteiger charge is 2.34. The summed E-state index contributed by atoms with van der Waals surface area (Å²) in [5.41, 5.74) is 3.34. The number of carbonyl (C=O) groups is 2. The topological polar surface area (TPSA) is 79.9 Å². The molecular formula is C28H35N3O4. The van der Waals surface area contributed by atoms with Crippen LogP contribution in [0.2, 0.25) is 0 Å². The standard InChI is InChI=1S/C28H35N3O4/c1-20(2)13-15-31-17-25-26(18-31)34-19-22-4-3-5-24(16-22)35-23-9-6-21(7-10-23)8-11-27(32)29-14-12-28(33)30-25/h3-7,9-10,13,16,25-26H,8,11-12,14-15,17-19H2,1-2H3,(H,29,32)(H,30,33)/t25-,26-/m0/s1. The lowest BCUT2D eigenvalue weighted by Gasteiger charge is -2.21. The number of fused-ring (bicyclic) bond motifs is 10. The van der Waals surface area contributed by atoms with Crippen LogP contribution in [0.3, 0.4) is 0 Å². The number of nitrogens with one attached hydrogen (secondary N) is 2. The van der Waals surface area contributed by atoms with E-state index in [1.54, 1.807) is 0 Å². The third-order valence-corrected chi connectivity index (χ3v) is 6.28. The highest BCUT2D eigenvalue weighted by atomic mass is 16.5. The molecule has 7 heteroatoms. The number of benzene rings is 2. The average molecular weight is 478 g/mol. The van der Waals surface area contributed by atoms with Gasteiger partial charge in [-0.2, -0.15) is 0 Å². The monoisotopic (exact) mass is 477 g/mol. The van der Waals surface area contributed by atoms with Crippen molar-refractivity contribution < 1.29 is 19.1 Å². The summed E-state index contributed by atoms with van der Waals surface area (Å²) in [4.78, 5) is 27.2. The molecule has 2 amide bonds. The van der Waals surface area contributed by atoms with Crippen LogP contribution in [0.25, 0.3) is 0 Å². The van der Waals surface area contributed by atoms with Gasteiger partial charge in [-0.3, -0.25) is 14.5 Å². The van der Waals surface area contributed by atoms with Gasteiger partial charge < -0.3 is 20.1 Å². The van der Waals surface area contributed by atoms with E-state index >= 15 is 0 Å².